The summed E-state index contributed by atoms with van der Waals surface area (Å²) in [6.07, 6.45) is 3.64. The molecule has 70 valence electrons. The van der Waals surface area contributed by atoms with Crippen LogP contribution < -0.4 is 5.32 Å². The molecule has 0 bridgehead atoms. The standard InChI is InChI=1S/C10H13BrN2/c1-8(2)4-12-5-9-3-10(11)7-13-6-9/h3,6-7,12H,1,4-5H2,2H3. The van der Waals surface area contributed by atoms with Crippen LogP contribution in [0.4, 0.5) is 0 Å². The van der Waals surface area contributed by atoms with Gasteiger partial charge in [-0.25, -0.2) is 0 Å². The number of aromatic nitrogens is 1. The Morgan fingerprint density at radius 3 is 3.00 bits per heavy atom. The van der Waals surface area contributed by atoms with E-state index in [0.29, 0.717) is 0 Å². The highest BCUT2D eigenvalue weighted by Gasteiger charge is 1.93. The lowest BCUT2D eigenvalue weighted by Crippen LogP contribution is -2.15. The molecule has 0 aliphatic heterocycles. The van der Waals surface area contributed by atoms with Gasteiger partial charge in [-0.3, -0.25) is 4.98 Å². The molecule has 0 fully saturated rings. The van der Waals surface area contributed by atoms with E-state index in [0.717, 1.165) is 23.1 Å². The third kappa shape index (κ3) is 4.20. The maximum Gasteiger partial charge on any atom is 0.0410 e. The first-order chi connectivity index (χ1) is 6.18. The molecular weight excluding hydrogens is 228 g/mol. The molecule has 13 heavy (non-hydrogen) atoms. The Kier molecular flexibility index (Phi) is 4.12. The second kappa shape index (κ2) is 5.14. The predicted octanol–water partition coefficient (Wildman–Crippen LogP) is 2.51. The number of hydrogen-bond donors (Lipinski definition) is 1. The Morgan fingerprint density at radius 1 is 1.62 bits per heavy atom. The van der Waals surface area contributed by atoms with Gasteiger partial charge >= 0.3 is 0 Å². The lowest BCUT2D eigenvalue weighted by Gasteiger charge is -2.03. The number of rotatable bonds is 4. The van der Waals surface area contributed by atoms with E-state index >= 15 is 0 Å². The van der Waals surface area contributed by atoms with E-state index in [1.54, 1.807) is 6.20 Å². The highest BCUT2D eigenvalue weighted by Crippen LogP contribution is 2.08. The Bertz CT molecular complexity index is 297. The summed E-state index contributed by atoms with van der Waals surface area (Å²) in [4.78, 5) is 4.07. The molecule has 0 amide bonds. The number of halogens is 1. The molecule has 0 aromatic carbocycles. The Hall–Kier alpha value is -0.670. The topological polar surface area (TPSA) is 24.9 Å². The smallest absolute Gasteiger partial charge is 0.0410 e. The fraction of sp³-hybridized carbons (Fsp3) is 0.300. The van der Waals surface area contributed by atoms with Gasteiger partial charge in [-0.15, -0.1) is 0 Å². The van der Waals surface area contributed by atoms with E-state index in [1.165, 1.54) is 5.56 Å². The van der Waals surface area contributed by atoms with Crippen LogP contribution in [-0.4, -0.2) is 11.5 Å². The van der Waals surface area contributed by atoms with Crippen LogP contribution in [0.5, 0.6) is 0 Å². The molecule has 1 heterocycles. The van der Waals surface area contributed by atoms with E-state index in [9.17, 15) is 0 Å². The average molecular weight is 241 g/mol. The van der Waals surface area contributed by atoms with Crippen LogP contribution in [0.25, 0.3) is 0 Å². The second-order valence-electron chi connectivity index (χ2n) is 3.07. The average Bonchev–Trinajstić information content (AvgIpc) is 2.03. The van der Waals surface area contributed by atoms with Crippen LogP contribution in [0.15, 0.2) is 35.1 Å². The highest BCUT2D eigenvalue weighted by molar-refractivity contribution is 9.10. The minimum atomic E-state index is 0.833. The quantitative estimate of drug-likeness (QED) is 0.819. The van der Waals surface area contributed by atoms with Crippen LogP contribution in [0.1, 0.15) is 12.5 Å². The monoisotopic (exact) mass is 240 g/mol. The maximum atomic E-state index is 4.07. The van der Waals surface area contributed by atoms with Gasteiger partial charge in [0.1, 0.15) is 0 Å². The summed E-state index contributed by atoms with van der Waals surface area (Å²) in [6, 6.07) is 2.05. The zero-order valence-corrected chi connectivity index (χ0v) is 9.26. The summed E-state index contributed by atoms with van der Waals surface area (Å²) in [7, 11) is 0. The van der Waals surface area contributed by atoms with Gasteiger partial charge in [0, 0.05) is 30.0 Å². The van der Waals surface area contributed by atoms with Gasteiger partial charge in [-0.05, 0) is 34.5 Å². The largest absolute Gasteiger partial charge is 0.309 e. The van der Waals surface area contributed by atoms with Gasteiger partial charge in [-0.1, -0.05) is 12.2 Å². The van der Waals surface area contributed by atoms with Crippen molar-refractivity contribution >= 4 is 15.9 Å². The Morgan fingerprint density at radius 2 is 2.38 bits per heavy atom. The predicted molar refractivity (Wildman–Crippen MR) is 58.5 cm³/mol. The third-order valence-corrected chi connectivity index (χ3v) is 1.95. The van der Waals surface area contributed by atoms with Crippen molar-refractivity contribution in [2.75, 3.05) is 6.54 Å². The lowest BCUT2D eigenvalue weighted by molar-refractivity contribution is 0.738. The van der Waals surface area contributed by atoms with E-state index in [-0.39, 0.29) is 0 Å². The maximum absolute atomic E-state index is 4.07. The van der Waals surface area contributed by atoms with Gasteiger partial charge in [0.25, 0.3) is 0 Å². The molecule has 3 heteroatoms. The molecule has 0 saturated heterocycles. The lowest BCUT2D eigenvalue weighted by atomic mass is 10.3. The minimum Gasteiger partial charge on any atom is -0.309 e. The van der Waals surface area contributed by atoms with Crippen LogP contribution >= 0.6 is 15.9 Å². The number of pyridine rings is 1. The number of hydrogen-bond acceptors (Lipinski definition) is 2. The Balaban J connectivity index is 2.41. The normalized spacial score (nSPS) is 10.0. The van der Waals surface area contributed by atoms with E-state index in [4.69, 9.17) is 0 Å². The fourth-order valence-electron chi connectivity index (χ4n) is 0.973. The van der Waals surface area contributed by atoms with Crippen molar-refractivity contribution < 1.29 is 0 Å². The molecule has 1 aromatic heterocycles. The summed E-state index contributed by atoms with van der Waals surface area (Å²) in [5.41, 5.74) is 2.32. The Labute approximate surface area is 87.2 Å². The molecule has 0 aliphatic carbocycles. The number of nitrogens with one attached hydrogen (secondary N) is 1. The van der Waals surface area contributed by atoms with Crippen molar-refractivity contribution in [1.82, 2.24) is 10.3 Å². The van der Waals surface area contributed by atoms with Crippen molar-refractivity contribution in [2.24, 2.45) is 0 Å². The summed E-state index contributed by atoms with van der Waals surface area (Å²) < 4.78 is 1.02. The third-order valence-electron chi connectivity index (χ3n) is 1.52. The molecule has 0 aliphatic rings. The molecule has 1 aromatic rings. The summed E-state index contributed by atoms with van der Waals surface area (Å²) in [6.45, 7) is 7.51. The minimum absolute atomic E-state index is 0.833. The first-order valence-electron chi connectivity index (χ1n) is 4.13. The highest BCUT2D eigenvalue weighted by atomic mass is 79.9. The van der Waals surface area contributed by atoms with E-state index in [1.807, 2.05) is 13.1 Å². The summed E-state index contributed by atoms with van der Waals surface area (Å²) in [5, 5.41) is 3.27. The molecule has 0 unspecified atom stereocenters. The van der Waals surface area contributed by atoms with Gasteiger partial charge in [0.15, 0.2) is 0 Å². The molecule has 1 rings (SSSR count). The van der Waals surface area contributed by atoms with Crippen LogP contribution in [0.3, 0.4) is 0 Å². The van der Waals surface area contributed by atoms with Crippen molar-refractivity contribution in [2.45, 2.75) is 13.5 Å². The van der Waals surface area contributed by atoms with Gasteiger partial charge in [-0.2, -0.15) is 0 Å². The zero-order chi connectivity index (χ0) is 9.68. The van der Waals surface area contributed by atoms with E-state index in [2.05, 4.69) is 38.9 Å². The van der Waals surface area contributed by atoms with Gasteiger partial charge in [0.05, 0.1) is 0 Å². The molecule has 2 nitrogen and oxygen atoms in total. The van der Waals surface area contributed by atoms with Crippen molar-refractivity contribution in [3.63, 3.8) is 0 Å². The first kappa shape index (κ1) is 10.4. The fourth-order valence-corrected chi connectivity index (χ4v) is 1.39. The molecule has 0 radical (unpaired) electrons. The van der Waals surface area contributed by atoms with Crippen molar-refractivity contribution in [3.8, 4) is 0 Å². The van der Waals surface area contributed by atoms with Gasteiger partial charge in [0.2, 0.25) is 0 Å². The van der Waals surface area contributed by atoms with Crippen LogP contribution in [0.2, 0.25) is 0 Å². The molecule has 0 saturated carbocycles. The SMILES string of the molecule is C=C(C)CNCc1cncc(Br)c1. The first-order valence-corrected chi connectivity index (χ1v) is 4.92. The zero-order valence-electron chi connectivity index (χ0n) is 7.68. The van der Waals surface area contributed by atoms with E-state index < -0.39 is 0 Å². The molecular formula is C10H13BrN2. The molecule has 0 atom stereocenters. The van der Waals surface area contributed by atoms with Gasteiger partial charge < -0.3 is 5.32 Å². The summed E-state index contributed by atoms with van der Waals surface area (Å²) in [5.74, 6) is 0. The van der Waals surface area contributed by atoms with Crippen molar-refractivity contribution in [3.05, 3.63) is 40.6 Å². The number of nitrogens with zero attached hydrogens (tertiary/aromatic N) is 1. The molecule has 0 spiro atoms. The summed E-state index contributed by atoms with van der Waals surface area (Å²) >= 11 is 3.38. The molecule has 1 N–H and O–H groups in total. The second-order valence-corrected chi connectivity index (χ2v) is 3.99. The van der Waals surface area contributed by atoms with Crippen LogP contribution in [0, 0.1) is 0 Å². The van der Waals surface area contributed by atoms with Crippen molar-refractivity contribution in [1.29, 1.82) is 0 Å². The van der Waals surface area contributed by atoms with Crippen LogP contribution in [-0.2, 0) is 6.54 Å².